The number of ketones is 2. The van der Waals surface area contributed by atoms with Gasteiger partial charge in [0.05, 0.1) is 12.2 Å². The van der Waals surface area contributed by atoms with Gasteiger partial charge in [-0.15, -0.1) is 0 Å². The molecule has 3 heterocycles. The fourth-order valence-electron chi connectivity index (χ4n) is 3.61. The first-order chi connectivity index (χ1) is 15.6. The third-order valence-electron chi connectivity index (χ3n) is 5.19. The van der Waals surface area contributed by atoms with Crippen LogP contribution in [0.3, 0.4) is 0 Å². The van der Waals surface area contributed by atoms with Crippen molar-refractivity contribution in [2.24, 2.45) is 0 Å². The molecule has 156 valence electrons. The van der Waals surface area contributed by atoms with E-state index in [0.29, 0.717) is 47.1 Å². The van der Waals surface area contributed by atoms with Gasteiger partial charge in [0, 0.05) is 29.4 Å². The molecule has 8 heteroatoms. The standard InChI is InChI=1S/C24H17N5O3/c30-21(15-6-2-1-3-7-15)22(31)16-8-4-5-9-17(16)23-25-11-10-18(27-23)19-14-20-24(32)26-12-13-29(20)28-19/h1-11,14H,12-13H2,(H,26,32). The topological polar surface area (TPSA) is 107 Å². The summed E-state index contributed by atoms with van der Waals surface area (Å²) < 4.78 is 1.64. The van der Waals surface area contributed by atoms with Crippen LogP contribution in [0.15, 0.2) is 72.9 Å². The second kappa shape index (κ2) is 7.99. The zero-order valence-corrected chi connectivity index (χ0v) is 16.9. The molecule has 0 aliphatic carbocycles. The molecule has 0 fully saturated rings. The highest BCUT2D eigenvalue weighted by Gasteiger charge is 2.24. The number of carbonyl (C=O) groups excluding carboxylic acids is 3. The first-order valence-electron chi connectivity index (χ1n) is 10.0. The Labute approximate surface area is 183 Å². The zero-order chi connectivity index (χ0) is 22.1. The van der Waals surface area contributed by atoms with Gasteiger partial charge in [-0.3, -0.25) is 19.1 Å². The molecule has 0 saturated carbocycles. The lowest BCUT2D eigenvalue weighted by Crippen LogP contribution is -2.35. The van der Waals surface area contributed by atoms with Gasteiger partial charge in [0.25, 0.3) is 5.91 Å². The third kappa shape index (κ3) is 3.47. The van der Waals surface area contributed by atoms with E-state index in [9.17, 15) is 14.4 Å². The van der Waals surface area contributed by atoms with Gasteiger partial charge in [0.15, 0.2) is 5.82 Å². The van der Waals surface area contributed by atoms with Crippen LogP contribution in [0.4, 0.5) is 0 Å². The molecular formula is C24H17N5O3. The average molecular weight is 423 g/mol. The molecule has 2 aromatic heterocycles. The van der Waals surface area contributed by atoms with E-state index in [0.717, 1.165) is 0 Å². The third-order valence-corrected chi connectivity index (χ3v) is 5.19. The average Bonchev–Trinajstić information content (AvgIpc) is 3.30. The van der Waals surface area contributed by atoms with Crippen molar-refractivity contribution in [3.63, 3.8) is 0 Å². The Hall–Kier alpha value is -4.46. The van der Waals surface area contributed by atoms with Gasteiger partial charge in [-0.2, -0.15) is 5.10 Å². The number of fused-ring (bicyclic) bond motifs is 1. The van der Waals surface area contributed by atoms with E-state index >= 15 is 0 Å². The predicted molar refractivity (Wildman–Crippen MR) is 116 cm³/mol. The maximum atomic E-state index is 13.0. The monoisotopic (exact) mass is 423 g/mol. The molecule has 5 rings (SSSR count). The van der Waals surface area contributed by atoms with E-state index in [1.165, 1.54) is 0 Å². The summed E-state index contributed by atoms with van der Waals surface area (Å²) in [6.07, 6.45) is 1.57. The van der Waals surface area contributed by atoms with Crippen LogP contribution in [0.2, 0.25) is 0 Å². The first kappa shape index (κ1) is 19.5. The van der Waals surface area contributed by atoms with Crippen LogP contribution in [-0.2, 0) is 6.54 Å². The highest BCUT2D eigenvalue weighted by atomic mass is 16.2. The lowest BCUT2D eigenvalue weighted by Gasteiger charge is -2.13. The van der Waals surface area contributed by atoms with Crippen molar-refractivity contribution in [2.75, 3.05) is 6.54 Å². The van der Waals surface area contributed by atoms with Gasteiger partial charge >= 0.3 is 0 Å². The zero-order valence-electron chi connectivity index (χ0n) is 16.9. The number of hydrogen-bond donors (Lipinski definition) is 1. The summed E-state index contributed by atoms with van der Waals surface area (Å²) >= 11 is 0. The molecule has 1 aliphatic heterocycles. The van der Waals surface area contributed by atoms with Gasteiger partial charge in [0.2, 0.25) is 11.6 Å². The summed E-state index contributed by atoms with van der Waals surface area (Å²) in [6, 6.07) is 18.5. The minimum Gasteiger partial charge on any atom is -0.349 e. The molecule has 1 N–H and O–H groups in total. The number of nitrogens with zero attached hydrogens (tertiary/aromatic N) is 4. The molecule has 0 radical (unpaired) electrons. The highest BCUT2D eigenvalue weighted by Crippen LogP contribution is 2.25. The van der Waals surface area contributed by atoms with Gasteiger partial charge in [0.1, 0.15) is 11.4 Å². The molecule has 8 nitrogen and oxygen atoms in total. The summed E-state index contributed by atoms with van der Waals surface area (Å²) in [5.41, 5.74) is 2.51. The van der Waals surface area contributed by atoms with Crippen molar-refractivity contribution in [2.45, 2.75) is 6.54 Å². The Bertz CT molecular complexity index is 1360. The summed E-state index contributed by atoms with van der Waals surface area (Å²) in [7, 11) is 0. The Morgan fingerprint density at radius 1 is 0.906 bits per heavy atom. The molecule has 32 heavy (non-hydrogen) atoms. The molecule has 0 atom stereocenters. The SMILES string of the molecule is O=C(C(=O)c1ccccc1-c1nccc(-c2cc3n(n2)CCNC3=O)n1)c1ccccc1. The fraction of sp³-hybridized carbons (Fsp3) is 0.0833. The largest absolute Gasteiger partial charge is 0.349 e. The summed E-state index contributed by atoms with van der Waals surface area (Å²) in [6.45, 7) is 1.10. The lowest BCUT2D eigenvalue weighted by atomic mass is 9.97. The molecule has 1 amide bonds. The number of aromatic nitrogens is 4. The number of carbonyl (C=O) groups is 3. The molecule has 2 aromatic carbocycles. The summed E-state index contributed by atoms with van der Waals surface area (Å²) in [4.78, 5) is 46.7. The molecule has 1 aliphatic rings. The van der Waals surface area contributed by atoms with Crippen molar-refractivity contribution in [3.8, 4) is 22.8 Å². The molecular weight excluding hydrogens is 406 g/mol. The molecule has 4 aromatic rings. The van der Waals surface area contributed by atoms with Gasteiger partial charge in [-0.1, -0.05) is 54.6 Å². The highest BCUT2D eigenvalue weighted by molar-refractivity contribution is 6.50. The Morgan fingerprint density at radius 3 is 2.50 bits per heavy atom. The van der Waals surface area contributed by atoms with E-state index in [1.54, 1.807) is 77.6 Å². The molecule has 0 unspecified atom stereocenters. The first-order valence-corrected chi connectivity index (χ1v) is 10.0. The van der Waals surface area contributed by atoms with Crippen LogP contribution in [-0.4, -0.2) is 43.8 Å². The lowest BCUT2D eigenvalue weighted by molar-refractivity contribution is 0.0817. The maximum absolute atomic E-state index is 13.0. The number of Topliss-reactive ketones (excluding diaryl/α,β-unsaturated/α-hetero) is 2. The van der Waals surface area contributed by atoms with Crippen LogP contribution < -0.4 is 5.32 Å². The smallest absolute Gasteiger partial charge is 0.269 e. The molecule has 0 saturated heterocycles. The van der Waals surface area contributed by atoms with Crippen molar-refractivity contribution >= 4 is 17.5 Å². The van der Waals surface area contributed by atoms with Crippen molar-refractivity contribution in [1.82, 2.24) is 25.1 Å². The Balaban J connectivity index is 1.53. The quantitative estimate of drug-likeness (QED) is 0.391. The number of rotatable bonds is 5. The van der Waals surface area contributed by atoms with Crippen LogP contribution in [0.5, 0.6) is 0 Å². The minimum atomic E-state index is -0.630. The molecule has 0 spiro atoms. The van der Waals surface area contributed by atoms with E-state index in [2.05, 4.69) is 20.4 Å². The van der Waals surface area contributed by atoms with Crippen LogP contribution in [0, 0.1) is 0 Å². The number of benzene rings is 2. The van der Waals surface area contributed by atoms with Crippen molar-refractivity contribution in [3.05, 3.63) is 89.7 Å². The second-order valence-corrected chi connectivity index (χ2v) is 7.23. The normalized spacial score (nSPS) is 12.7. The number of amides is 1. The van der Waals surface area contributed by atoms with E-state index in [4.69, 9.17) is 0 Å². The predicted octanol–water partition coefficient (Wildman–Crippen LogP) is 2.82. The van der Waals surface area contributed by atoms with E-state index in [1.807, 2.05) is 0 Å². The van der Waals surface area contributed by atoms with Gasteiger partial charge in [-0.25, -0.2) is 9.97 Å². The number of nitrogens with one attached hydrogen (secondary N) is 1. The second-order valence-electron chi connectivity index (χ2n) is 7.23. The summed E-state index contributed by atoms with van der Waals surface area (Å²) in [5.74, 6) is -1.11. The Kier molecular flexibility index (Phi) is 4.87. The maximum Gasteiger partial charge on any atom is 0.269 e. The molecule has 0 bridgehead atoms. The minimum absolute atomic E-state index is 0.181. The van der Waals surface area contributed by atoms with E-state index < -0.39 is 11.6 Å². The number of hydrogen-bond acceptors (Lipinski definition) is 6. The van der Waals surface area contributed by atoms with Crippen LogP contribution in [0.1, 0.15) is 31.2 Å². The van der Waals surface area contributed by atoms with Gasteiger partial charge < -0.3 is 5.32 Å². The Morgan fingerprint density at radius 2 is 1.69 bits per heavy atom. The summed E-state index contributed by atoms with van der Waals surface area (Å²) in [5, 5.41) is 7.26. The van der Waals surface area contributed by atoms with Crippen molar-refractivity contribution < 1.29 is 14.4 Å². The van der Waals surface area contributed by atoms with Crippen molar-refractivity contribution in [1.29, 1.82) is 0 Å². The van der Waals surface area contributed by atoms with Crippen LogP contribution in [0.25, 0.3) is 22.8 Å². The fourth-order valence-corrected chi connectivity index (χ4v) is 3.61. The van der Waals surface area contributed by atoms with Crippen LogP contribution >= 0.6 is 0 Å². The van der Waals surface area contributed by atoms with E-state index in [-0.39, 0.29) is 11.5 Å². The van der Waals surface area contributed by atoms with Gasteiger partial charge in [-0.05, 0) is 12.1 Å².